The summed E-state index contributed by atoms with van der Waals surface area (Å²) in [6, 6.07) is 9.84. The Hall–Kier alpha value is -3.13. The second-order valence-corrected chi connectivity index (χ2v) is 14.5. The Kier molecular flexibility index (Phi) is 13.7. The maximum atomic E-state index is 14.3. The smallest absolute Gasteiger partial charge is 0.306 e. The van der Waals surface area contributed by atoms with Crippen molar-refractivity contribution in [3.05, 3.63) is 51.7 Å². The molecule has 2 aromatic rings. The van der Waals surface area contributed by atoms with E-state index in [1.807, 2.05) is 36.6 Å². The Labute approximate surface area is 278 Å². The number of carbonyl (C=O) groups is 5. The molecule has 2 saturated carbocycles. The first-order chi connectivity index (χ1) is 22.1. The Bertz CT molecular complexity index is 1350. The second-order valence-electron chi connectivity index (χ2n) is 13.5. The van der Waals surface area contributed by atoms with Gasteiger partial charge in [-0.3, -0.25) is 24.0 Å². The quantitative estimate of drug-likeness (QED) is 0.0818. The van der Waals surface area contributed by atoms with Crippen LogP contribution in [0.1, 0.15) is 106 Å². The molecule has 0 spiro atoms. The molecule has 2 aliphatic rings. The fourth-order valence-electron chi connectivity index (χ4n) is 7.51. The number of rotatable bonds is 17. The summed E-state index contributed by atoms with van der Waals surface area (Å²) in [5.41, 5.74) is 8.80. The van der Waals surface area contributed by atoms with Gasteiger partial charge in [0.15, 0.2) is 0 Å². The number of benzene rings is 1. The highest BCUT2D eigenvalue weighted by atomic mass is 32.1. The third kappa shape index (κ3) is 10.4. The number of nitrogen functional groups attached to an aromatic ring is 1. The number of carbonyl (C=O) groups excluding carboxylic acids is 5. The number of aryl methyl sites for hydroxylation is 3. The van der Waals surface area contributed by atoms with Crippen LogP contribution in [0.5, 0.6) is 0 Å². The zero-order valence-electron chi connectivity index (χ0n) is 27.6. The molecule has 1 heterocycles. The molecule has 7 nitrogen and oxygen atoms in total. The van der Waals surface area contributed by atoms with E-state index < -0.39 is 23.7 Å². The fraction of sp³-hybridized carbons (Fsp3) is 0.605. The minimum Gasteiger partial charge on any atom is -0.466 e. The van der Waals surface area contributed by atoms with E-state index >= 15 is 0 Å². The molecule has 0 aliphatic heterocycles. The van der Waals surface area contributed by atoms with Gasteiger partial charge < -0.3 is 10.5 Å². The first-order valence-electron chi connectivity index (χ1n) is 17.3. The van der Waals surface area contributed by atoms with Crippen molar-refractivity contribution in [2.24, 2.45) is 29.6 Å². The third-order valence-electron chi connectivity index (χ3n) is 10.2. The first kappa shape index (κ1) is 35.7. The number of unbranched alkanes of at least 4 members (excludes halogenated alkanes) is 1. The predicted molar refractivity (Wildman–Crippen MR) is 181 cm³/mol. The second kappa shape index (κ2) is 17.7. The lowest BCUT2D eigenvalue weighted by molar-refractivity contribution is -0.146. The van der Waals surface area contributed by atoms with E-state index in [0.717, 1.165) is 49.7 Å². The summed E-state index contributed by atoms with van der Waals surface area (Å²) in [5.74, 6) is -1.69. The molecule has 0 bridgehead atoms. The number of nitrogens with two attached hydrogens (primary N) is 1. The molecule has 0 radical (unpaired) electrons. The highest BCUT2D eigenvalue weighted by Crippen LogP contribution is 2.37. The van der Waals surface area contributed by atoms with Crippen LogP contribution in [0.2, 0.25) is 0 Å². The van der Waals surface area contributed by atoms with Crippen molar-refractivity contribution in [2.75, 3.05) is 12.3 Å². The van der Waals surface area contributed by atoms with Crippen LogP contribution < -0.4 is 5.73 Å². The number of hydrogen-bond donors (Lipinski definition) is 1. The van der Waals surface area contributed by atoms with Gasteiger partial charge in [0.2, 0.25) is 0 Å². The van der Waals surface area contributed by atoms with Gasteiger partial charge in [0.25, 0.3) is 0 Å². The summed E-state index contributed by atoms with van der Waals surface area (Å²) in [7, 11) is 0. The molecule has 1 aromatic carbocycles. The Balaban J connectivity index is 1.49. The highest BCUT2D eigenvalue weighted by molar-refractivity contribution is 7.09. The van der Waals surface area contributed by atoms with Gasteiger partial charge in [0, 0.05) is 59.9 Å². The molecule has 4 rings (SSSR count). The average molecular weight is 650 g/mol. The summed E-state index contributed by atoms with van der Waals surface area (Å²) in [4.78, 5) is 67.5. The molecule has 46 heavy (non-hydrogen) atoms. The molecular weight excluding hydrogens is 598 g/mol. The molecule has 0 saturated heterocycles. The topological polar surface area (TPSA) is 121 Å². The van der Waals surface area contributed by atoms with Crippen LogP contribution in [0.4, 0.5) is 5.69 Å². The first-order valence-corrected chi connectivity index (χ1v) is 18.2. The van der Waals surface area contributed by atoms with Crippen LogP contribution in [0.3, 0.4) is 0 Å². The van der Waals surface area contributed by atoms with Crippen molar-refractivity contribution in [3.63, 3.8) is 0 Å². The minimum absolute atomic E-state index is 0.00538. The number of anilines is 1. The van der Waals surface area contributed by atoms with E-state index in [1.54, 1.807) is 18.3 Å². The van der Waals surface area contributed by atoms with Gasteiger partial charge in [-0.15, -0.1) is 11.3 Å². The van der Waals surface area contributed by atoms with Crippen molar-refractivity contribution in [1.29, 1.82) is 0 Å². The number of thiophene rings is 1. The van der Waals surface area contributed by atoms with E-state index in [-0.39, 0.29) is 55.1 Å². The van der Waals surface area contributed by atoms with Crippen LogP contribution in [0.25, 0.3) is 0 Å². The Morgan fingerprint density at radius 1 is 1.02 bits per heavy atom. The summed E-state index contributed by atoms with van der Waals surface area (Å²) in [6.07, 6.45) is 8.65. The van der Waals surface area contributed by atoms with E-state index in [2.05, 4.69) is 6.07 Å². The van der Waals surface area contributed by atoms with E-state index in [9.17, 15) is 24.0 Å². The number of ketones is 4. The molecule has 0 amide bonds. The lowest BCUT2D eigenvalue weighted by atomic mass is 9.75. The lowest BCUT2D eigenvalue weighted by Gasteiger charge is -2.27. The van der Waals surface area contributed by atoms with Gasteiger partial charge in [-0.1, -0.05) is 25.0 Å². The van der Waals surface area contributed by atoms with Gasteiger partial charge in [-0.05, 0) is 106 Å². The number of ether oxygens (including phenoxy) is 1. The van der Waals surface area contributed by atoms with Crippen LogP contribution in [-0.4, -0.2) is 35.7 Å². The van der Waals surface area contributed by atoms with Crippen molar-refractivity contribution in [2.45, 2.75) is 110 Å². The summed E-state index contributed by atoms with van der Waals surface area (Å²) in [5, 5.41) is 2.03. The van der Waals surface area contributed by atoms with E-state index in [4.69, 9.17) is 10.5 Å². The zero-order chi connectivity index (χ0) is 33.1. The normalized spacial score (nSPS) is 22.5. The third-order valence-corrected chi connectivity index (χ3v) is 11.1. The maximum absolute atomic E-state index is 14.3. The number of Topliss-reactive ketones (excluding diaryl/α,β-unsaturated/α-hetero) is 4. The number of hydrogen-bond acceptors (Lipinski definition) is 8. The van der Waals surface area contributed by atoms with Crippen LogP contribution in [-0.2, 0) is 41.6 Å². The van der Waals surface area contributed by atoms with Crippen molar-refractivity contribution < 1.29 is 28.7 Å². The standard InChI is InChI=1S/C38H51NO6S/c1-3-45-37(43)23-29(9-5-4-8-27-10-6-12-35(27)41)36(42)24-34-28(16-18-33-11-7-19-46-33)21-32(40)22-30(38(34)44)14-13-26-15-17-31(39)20-25(26)2/h7,11,15,17,19-20,27-30,34H,3-6,8-10,12-14,16,18,21-24,39H2,1-2H3. The fourth-order valence-corrected chi connectivity index (χ4v) is 8.24. The SMILES string of the molecule is CCOC(=O)CC(CCCCC1CCCC1=O)C(=O)CC1C(=O)C(CCc2ccc(N)cc2C)CC(=O)CC1CCc1cccs1. The van der Waals surface area contributed by atoms with Crippen LogP contribution >= 0.6 is 11.3 Å². The van der Waals surface area contributed by atoms with Crippen molar-refractivity contribution >= 4 is 46.1 Å². The van der Waals surface area contributed by atoms with Crippen LogP contribution in [0.15, 0.2) is 35.7 Å². The summed E-state index contributed by atoms with van der Waals surface area (Å²) >= 11 is 1.66. The Morgan fingerprint density at radius 2 is 1.85 bits per heavy atom. The largest absolute Gasteiger partial charge is 0.466 e. The minimum atomic E-state index is -0.558. The van der Waals surface area contributed by atoms with Gasteiger partial charge >= 0.3 is 5.97 Å². The molecule has 8 heteroatoms. The molecule has 5 atom stereocenters. The van der Waals surface area contributed by atoms with Crippen LogP contribution in [0, 0.1) is 36.5 Å². The average Bonchev–Trinajstić information content (AvgIpc) is 3.67. The van der Waals surface area contributed by atoms with Gasteiger partial charge in [-0.25, -0.2) is 0 Å². The van der Waals surface area contributed by atoms with Gasteiger partial charge in [0.1, 0.15) is 23.1 Å². The van der Waals surface area contributed by atoms with Crippen molar-refractivity contribution in [1.82, 2.24) is 0 Å². The Morgan fingerprint density at radius 3 is 2.54 bits per heavy atom. The lowest BCUT2D eigenvalue weighted by Crippen LogP contribution is -2.32. The molecular formula is C38H51NO6S. The number of esters is 1. The van der Waals surface area contributed by atoms with E-state index in [1.165, 1.54) is 4.88 Å². The molecule has 2 aliphatic carbocycles. The predicted octanol–water partition coefficient (Wildman–Crippen LogP) is 7.44. The maximum Gasteiger partial charge on any atom is 0.306 e. The summed E-state index contributed by atoms with van der Waals surface area (Å²) < 4.78 is 5.22. The van der Waals surface area contributed by atoms with Gasteiger partial charge in [-0.2, -0.15) is 0 Å². The highest BCUT2D eigenvalue weighted by Gasteiger charge is 2.40. The monoisotopic (exact) mass is 649 g/mol. The molecule has 2 N–H and O–H groups in total. The summed E-state index contributed by atoms with van der Waals surface area (Å²) in [6.45, 7) is 3.99. The molecule has 250 valence electrons. The molecule has 2 fully saturated rings. The van der Waals surface area contributed by atoms with Gasteiger partial charge in [0.05, 0.1) is 13.0 Å². The molecule has 1 aromatic heterocycles. The van der Waals surface area contributed by atoms with Crippen molar-refractivity contribution in [3.8, 4) is 0 Å². The zero-order valence-corrected chi connectivity index (χ0v) is 28.4. The van der Waals surface area contributed by atoms with E-state index in [0.29, 0.717) is 50.0 Å². The molecule has 5 unspecified atom stereocenters.